The fourth-order valence-corrected chi connectivity index (χ4v) is 3.45. The van der Waals surface area contributed by atoms with E-state index in [1.807, 2.05) is 44.2 Å². The summed E-state index contributed by atoms with van der Waals surface area (Å²) in [5, 5.41) is 15.5. The van der Waals surface area contributed by atoms with Gasteiger partial charge in [0.15, 0.2) is 0 Å². The number of imidazole rings is 1. The molecule has 3 aromatic rings. The SMILES string of the molecule is COc1ccccc1-c1cc(NCc2cnc[nH]2)ccc1C(=O)N[C@@H](CC(C)C)C(=O)O. The van der Waals surface area contributed by atoms with E-state index in [-0.39, 0.29) is 5.92 Å². The number of aromatic nitrogens is 2. The van der Waals surface area contributed by atoms with Crippen LogP contribution in [-0.4, -0.2) is 40.1 Å². The Morgan fingerprint density at radius 3 is 2.59 bits per heavy atom. The van der Waals surface area contributed by atoms with Gasteiger partial charge >= 0.3 is 5.97 Å². The predicted molar refractivity (Wildman–Crippen MR) is 123 cm³/mol. The second kappa shape index (κ2) is 10.5. The summed E-state index contributed by atoms with van der Waals surface area (Å²) >= 11 is 0. The van der Waals surface area contributed by atoms with E-state index in [0.29, 0.717) is 29.8 Å². The molecule has 0 fully saturated rings. The molecule has 0 saturated carbocycles. The van der Waals surface area contributed by atoms with Gasteiger partial charge in [0, 0.05) is 28.6 Å². The van der Waals surface area contributed by atoms with Gasteiger partial charge in [-0.05, 0) is 36.6 Å². The molecule has 1 heterocycles. The van der Waals surface area contributed by atoms with E-state index in [1.165, 1.54) is 0 Å². The quantitative estimate of drug-likeness (QED) is 0.383. The van der Waals surface area contributed by atoms with Gasteiger partial charge in [-0.1, -0.05) is 32.0 Å². The number of nitrogens with zero attached hydrogens (tertiary/aromatic N) is 1. The van der Waals surface area contributed by atoms with Gasteiger partial charge in [-0.3, -0.25) is 4.79 Å². The van der Waals surface area contributed by atoms with Crippen LogP contribution < -0.4 is 15.4 Å². The Morgan fingerprint density at radius 2 is 1.94 bits per heavy atom. The third-order valence-corrected chi connectivity index (χ3v) is 5.01. The molecule has 32 heavy (non-hydrogen) atoms. The van der Waals surface area contributed by atoms with Crippen LogP contribution in [-0.2, 0) is 11.3 Å². The lowest BCUT2D eigenvalue weighted by Gasteiger charge is -2.19. The van der Waals surface area contributed by atoms with Crippen molar-refractivity contribution in [1.82, 2.24) is 15.3 Å². The van der Waals surface area contributed by atoms with Gasteiger partial charge in [-0.25, -0.2) is 9.78 Å². The smallest absolute Gasteiger partial charge is 0.326 e. The molecule has 1 atom stereocenters. The van der Waals surface area contributed by atoms with Crippen molar-refractivity contribution in [3.05, 3.63) is 66.2 Å². The van der Waals surface area contributed by atoms with E-state index in [4.69, 9.17) is 4.74 Å². The van der Waals surface area contributed by atoms with Crippen molar-refractivity contribution >= 4 is 17.6 Å². The van der Waals surface area contributed by atoms with E-state index >= 15 is 0 Å². The van der Waals surface area contributed by atoms with Gasteiger partial charge in [0.1, 0.15) is 11.8 Å². The van der Waals surface area contributed by atoms with E-state index in [1.54, 1.807) is 31.8 Å². The molecule has 0 unspecified atom stereocenters. The first kappa shape index (κ1) is 22.9. The Hall–Kier alpha value is -3.81. The van der Waals surface area contributed by atoms with Crippen LogP contribution in [0.25, 0.3) is 11.1 Å². The zero-order chi connectivity index (χ0) is 23.1. The van der Waals surface area contributed by atoms with Crippen LogP contribution in [0.1, 0.15) is 36.3 Å². The molecule has 4 N–H and O–H groups in total. The summed E-state index contributed by atoms with van der Waals surface area (Å²) in [4.78, 5) is 31.8. The fourth-order valence-electron chi connectivity index (χ4n) is 3.45. The van der Waals surface area contributed by atoms with Crippen molar-refractivity contribution in [2.45, 2.75) is 32.9 Å². The van der Waals surface area contributed by atoms with Crippen molar-refractivity contribution in [1.29, 1.82) is 0 Å². The van der Waals surface area contributed by atoms with Crippen molar-refractivity contribution < 1.29 is 19.4 Å². The Balaban J connectivity index is 1.96. The minimum absolute atomic E-state index is 0.124. The molecule has 168 valence electrons. The minimum atomic E-state index is -1.05. The monoisotopic (exact) mass is 436 g/mol. The minimum Gasteiger partial charge on any atom is -0.496 e. The molecule has 1 amide bonds. The second-order valence-corrected chi connectivity index (χ2v) is 7.88. The number of anilines is 1. The van der Waals surface area contributed by atoms with Crippen LogP contribution in [0, 0.1) is 5.92 Å². The maximum atomic E-state index is 13.1. The third kappa shape index (κ3) is 5.66. The van der Waals surface area contributed by atoms with Gasteiger partial charge in [-0.2, -0.15) is 0 Å². The van der Waals surface area contributed by atoms with Crippen LogP contribution in [0.15, 0.2) is 55.0 Å². The van der Waals surface area contributed by atoms with Crippen LogP contribution in [0.5, 0.6) is 5.75 Å². The number of carbonyl (C=O) groups excluding carboxylic acids is 1. The third-order valence-electron chi connectivity index (χ3n) is 5.01. The zero-order valence-corrected chi connectivity index (χ0v) is 18.4. The number of amides is 1. The number of nitrogens with one attached hydrogen (secondary N) is 3. The highest BCUT2D eigenvalue weighted by atomic mass is 16.5. The number of ether oxygens (including phenoxy) is 1. The first-order valence-electron chi connectivity index (χ1n) is 10.4. The highest BCUT2D eigenvalue weighted by molar-refractivity contribution is 6.03. The number of carboxylic acids is 1. The normalized spacial score (nSPS) is 11.8. The first-order chi connectivity index (χ1) is 15.4. The Bertz CT molecular complexity index is 1060. The average Bonchev–Trinajstić information content (AvgIpc) is 3.30. The molecule has 0 aliphatic carbocycles. The number of hydrogen-bond acceptors (Lipinski definition) is 5. The molecule has 8 nitrogen and oxygen atoms in total. The fraction of sp³-hybridized carbons (Fsp3) is 0.292. The van der Waals surface area contributed by atoms with E-state index in [2.05, 4.69) is 20.6 Å². The molecule has 1 aromatic heterocycles. The summed E-state index contributed by atoms with van der Waals surface area (Å²) in [6, 6.07) is 11.8. The molecule has 2 aromatic carbocycles. The largest absolute Gasteiger partial charge is 0.496 e. The Labute approximate surface area is 187 Å². The summed E-state index contributed by atoms with van der Waals surface area (Å²) in [7, 11) is 1.57. The van der Waals surface area contributed by atoms with Crippen LogP contribution in [0.3, 0.4) is 0 Å². The highest BCUT2D eigenvalue weighted by Gasteiger charge is 2.24. The number of benzene rings is 2. The lowest BCUT2D eigenvalue weighted by molar-refractivity contribution is -0.139. The summed E-state index contributed by atoms with van der Waals surface area (Å²) in [5.41, 5.74) is 3.47. The van der Waals surface area contributed by atoms with Crippen molar-refractivity contribution in [2.75, 3.05) is 12.4 Å². The number of hydrogen-bond donors (Lipinski definition) is 4. The number of rotatable bonds is 10. The number of para-hydroxylation sites is 1. The van der Waals surface area contributed by atoms with Crippen molar-refractivity contribution in [3.8, 4) is 16.9 Å². The van der Waals surface area contributed by atoms with Crippen molar-refractivity contribution in [3.63, 3.8) is 0 Å². The predicted octanol–water partition coefficient (Wildman–Crippen LogP) is 3.93. The van der Waals surface area contributed by atoms with Gasteiger partial charge < -0.3 is 25.5 Å². The first-order valence-corrected chi connectivity index (χ1v) is 10.4. The van der Waals surface area contributed by atoms with Gasteiger partial charge in [0.05, 0.1) is 25.7 Å². The topological polar surface area (TPSA) is 116 Å². The summed E-state index contributed by atoms with van der Waals surface area (Å²) in [6.45, 7) is 4.37. The van der Waals surface area contributed by atoms with Crippen LogP contribution >= 0.6 is 0 Å². The number of aromatic amines is 1. The zero-order valence-electron chi connectivity index (χ0n) is 18.4. The molecule has 0 spiro atoms. The molecule has 0 radical (unpaired) electrons. The summed E-state index contributed by atoms with van der Waals surface area (Å²) in [6.07, 6.45) is 3.69. The molecule has 0 saturated heterocycles. The van der Waals surface area contributed by atoms with Crippen molar-refractivity contribution in [2.24, 2.45) is 5.92 Å². The maximum Gasteiger partial charge on any atom is 0.326 e. The Kier molecular flexibility index (Phi) is 7.49. The van der Waals surface area contributed by atoms with E-state index < -0.39 is 17.9 Å². The molecule has 0 bridgehead atoms. The van der Waals surface area contributed by atoms with Crippen LogP contribution in [0.2, 0.25) is 0 Å². The maximum absolute atomic E-state index is 13.1. The van der Waals surface area contributed by atoms with E-state index in [0.717, 1.165) is 16.9 Å². The molecule has 8 heteroatoms. The lowest BCUT2D eigenvalue weighted by Crippen LogP contribution is -2.41. The van der Waals surface area contributed by atoms with Gasteiger partial charge in [0.2, 0.25) is 0 Å². The number of methoxy groups -OCH3 is 1. The Morgan fingerprint density at radius 1 is 1.16 bits per heavy atom. The standard InChI is InChI=1S/C24H28N4O4/c1-15(2)10-21(24(30)31)28-23(29)19-9-8-16(26-13-17-12-25-14-27-17)11-20(19)18-6-4-5-7-22(18)32-3/h4-9,11-12,14-15,21,26H,10,13H2,1-3H3,(H,25,27)(H,28,29)(H,30,31)/t21-/m0/s1. The van der Waals surface area contributed by atoms with E-state index in [9.17, 15) is 14.7 Å². The molecule has 0 aliphatic heterocycles. The molecular formula is C24H28N4O4. The average molecular weight is 437 g/mol. The van der Waals surface area contributed by atoms with Crippen LogP contribution in [0.4, 0.5) is 5.69 Å². The lowest BCUT2D eigenvalue weighted by atomic mass is 9.96. The second-order valence-electron chi connectivity index (χ2n) is 7.88. The van der Waals surface area contributed by atoms with Gasteiger partial charge in [-0.15, -0.1) is 0 Å². The highest BCUT2D eigenvalue weighted by Crippen LogP contribution is 2.34. The molecular weight excluding hydrogens is 408 g/mol. The number of H-pyrrole nitrogens is 1. The van der Waals surface area contributed by atoms with Gasteiger partial charge in [0.25, 0.3) is 5.91 Å². The summed E-state index contributed by atoms with van der Waals surface area (Å²) < 4.78 is 5.51. The number of aliphatic carboxylic acids is 1. The number of carboxylic acid groups (broad SMARTS) is 1. The molecule has 3 rings (SSSR count). The molecule has 0 aliphatic rings. The summed E-state index contributed by atoms with van der Waals surface area (Å²) in [5.74, 6) is -0.758. The number of carbonyl (C=O) groups is 2.